The van der Waals surface area contributed by atoms with Gasteiger partial charge in [-0.2, -0.15) is 0 Å². The first-order chi connectivity index (χ1) is 20.4. The summed E-state index contributed by atoms with van der Waals surface area (Å²) in [7, 11) is -3.70. The van der Waals surface area contributed by atoms with Gasteiger partial charge in [-0.1, -0.05) is 36.1 Å². The van der Waals surface area contributed by atoms with E-state index >= 15 is 0 Å². The summed E-state index contributed by atoms with van der Waals surface area (Å²) in [4.78, 5) is 28.3. The average molecular weight is 603 g/mol. The van der Waals surface area contributed by atoms with Crippen molar-refractivity contribution in [2.75, 3.05) is 18.9 Å². The number of aliphatic hydroxyl groups excluding tert-OH is 1. The molecule has 11 heteroatoms. The number of fused-ring (bicyclic) bond motifs is 1. The van der Waals surface area contributed by atoms with E-state index in [1.807, 2.05) is 44.3 Å². The highest BCUT2D eigenvalue weighted by Gasteiger charge is 2.24. The Morgan fingerprint density at radius 2 is 1.79 bits per heavy atom. The molecule has 2 amide bonds. The molecule has 3 aromatic carbocycles. The van der Waals surface area contributed by atoms with Crippen molar-refractivity contribution in [3.63, 3.8) is 0 Å². The van der Waals surface area contributed by atoms with Crippen molar-refractivity contribution in [1.29, 1.82) is 0 Å². The Hall–Kier alpha value is -4.63. The van der Waals surface area contributed by atoms with E-state index in [0.29, 0.717) is 34.4 Å². The van der Waals surface area contributed by atoms with Gasteiger partial charge in [0.2, 0.25) is 10.0 Å². The number of rotatable bonds is 11. The second-order valence-corrected chi connectivity index (χ2v) is 12.1. The van der Waals surface area contributed by atoms with Gasteiger partial charge in [-0.3, -0.25) is 9.59 Å². The molecule has 10 nitrogen and oxygen atoms in total. The van der Waals surface area contributed by atoms with Crippen LogP contribution in [0.3, 0.4) is 0 Å². The molecule has 0 bridgehead atoms. The number of primary amides is 1. The van der Waals surface area contributed by atoms with E-state index in [1.165, 1.54) is 0 Å². The average Bonchev–Trinajstić information content (AvgIpc) is 3.37. The van der Waals surface area contributed by atoms with Crippen LogP contribution in [0.15, 0.2) is 66.9 Å². The molecule has 0 radical (unpaired) electrons. The maximum Gasteiger partial charge on any atom is 0.252 e. The van der Waals surface area contributed by atoms with Gasteiger partial charge in [0, 0.05) is 51.8 Å². The van der Waals surface area contributed by atoms with E-state index in [-0.39, 0.29) is 30.6 Å². The molecule has 0 aliphatic rings. The standard InChI is InChI=1S/C32H34N4O6S/c1-20(2)42-30-27(25(19-37)17-24-18-36-29-9-4-3-8-26(24)29)15-22(16-28(30)31(33)38)11-10-21-6-5-7-23(14-21)32(39)35-12-13-43(34,40)41/h3-9,14-16,18,20,25,36-37H,12-13,17,19H2,1-2H3,(H2,33,38)(H,35,39)(H2,34,40,41)/t25-/m0/s1. The lowest BCUT2D eigenvalue weighted by atomic mass is 9.88. The quantitative estimate of drug-likeness (QED) is 0.165. The molecule has 0 spiro atoms. The number of nitrogens with one attached hydrogen (secondary N) is 2. The summed E-state index contributed by atoms with van der Waals surface area (Å²) < 4.78 is 28.4. The summed E-state index contributed by atoms with van der Waals surface area (Å²) in [6.07, 6.45) is 2.11. The van der Waals surface area contributed by atoms with Crippen LogP contribution in [0, 0.1) is 11.8 Å². The number of H-pyrrole nitrogens is 1. The van der Waals surface area contributed by atoms with E-state index < -0.39 is 27.8 Å². The van der Waals surface area contributed by atoms with Crippen molar-refractivity contribution in [1.82, 2.24) is 10.3 Å². The first kappa shape index (κ1) is 31.3. The molecule has 0 saturated heterocycles. The number of amides is 2. The highest BCUT2D eigenvalue weighted by molar-refractivity contribution is 7.89. The number of benzene rings is 3. The molecule has 4 rings (SSSR count). The van der Waals surface area contributed by atoms with Crippen LogP contribution < -0.4 is 20.9 Å². The second-order valence-electron chi connectivity index (χ2n) is 10.4. The fourth-order valence-corrected chi connectivity index (χ4v) is 5.09. The largest absolute Gasteiger partial charge is 0.490 e. The van der Waals surface area contributed by atoms with Crippen LogP contribution in [0.4, 0.5) is 0 Å². The number of aromatic amines is 1. The normalized spacial score (nSPS) is 12.0. The van der Waals surface area contributed by atoms with Crippen molar-refractivity contribution >= 4 is 32.7 Å². The van der Waals surface area contributed by atoms with Gasteiger partial charge in [-0.25, -0.2) is 13.6 Å². The molecule has 1 atom stereocenters. The summed E-state index contributed by atoms with van der Waals surface area (Å²) in [6.45, 7) is 3.34. The zero-order valence-corrected chi connectivity index (χ0v) is 24.7. The molecule has 224 valence electrons. The minimum absolute atomic E-state index is 0.123. The van der Waals surface area contributed by atoms with E-state index in [2.05, 4.69) is 22.1 Å². The monoisotopic (exact) mass is 602 g/mol. The third-order valence-electron chi connectivity index (χ3n) is 6.69. The van der Waals surface area contributed by atoms with Gasteiger partial charge in [0.15, 0.2) is 0 Å². The van der Waals surface area contributed by atoms with Crippen LogP contribution >= 0.6 is 0 Å². The maximum absolute atomic E-state index is 12.6. The maximum atomic E-state index is 12.6. The summed E-state index contributed by atoms with van der Waals surface area (Å²) in [6, 6.07) is 17.7. The molecule has 7 N–H and O–H groups in total. The molecule has 0 unspecified atom stereocenters. The fourth-order valence-electron chi connectivity index (χ4n) is 4.71. The molecular weight excluding hydrogens is 568 g/mol. The Morgan fingerprint density at radius 1 is 1.05 bits per heavy atom. The van der Waals surface area contributed by atoms with Crippen LogP contribution in [0.25, 0.3) is 10.9 Å². The second kappa shape index (κ2) is 13.6. The van der Waals surface area contributed by atoms with Crippen LogP contribution in [0.5, 0.6) is 5.75 Å². The Labute approximate surface area is 250 Å². The van der Waals surface area contributed by atoms with Gasteiger partial charge in [-0.05, 0) is 62.2 Å². The molecule has 0 aliphatic heterocycles. The van der Waals surface area contributed by atoms with Gasteiger partial charge in [-0.15, -0.1) is 0 Å². The van der Waals surface area contributed by atoms with Gasteiger partial charge < -0.3 is 25.9 Å². The van der Waals surface area contributed by atoms with Crippen molar-refractivity contribution < 1.29 is 27.9 Å². The zero-order valence-electron chi connectivity index (χ0n) is 23.9. The highest BCUT2D eigenvalue weighted by atomic mass is 32.2. The topological polar surface area (TPSA) is 178 Å². The fraction of sp³-hybridized carbons (Fsp3) is 0.250. The van der Waals surface area contributed by atoms with Crippen LogP contribution in [0.1, 0.15) is 62.7 Å². The molecule has 43 heavy (non-hydrogen) atoms. The van der Waals surface area contributed by atoms with Gasteiger partial charge in [0.25, 0.3) is 11.8 Å². The number of nitrogens with two attached hydrogens (primary N) is 2. The van der Waals surface area contributed by atoms with Crippen molar-refractivity contribution in [2.24, 2.45) is 10.9 Å². The molecule has 0 aliphatic carbocycles. The first-order valence-corrected chi connectivity index (χ1v) is 15.4. The van der Waals surface area contributed by atoms with Crippen molar-refractivity contribution in [3.8, 4) is 17.6 Å². The number of carbonyl (C=O) groups is 2. The van der Waals surface area contributed by atoms with E-state index in [1.54, 1.807) is 36.4 Å². The van der Waals surface area contributed by atoms with Crippen LogP contribution in [-0.2, 0) is 16.4 Å². The minimum atomic E-state index is -3.70. The van der Waals surface area contributed by atoms with Crippen molar-refractivity contribution in [3.05, 3.63) is 100 Å². The predicted molar refractivity (Wildman–Crippen MR) is 165 cm³/mol. The Morgan fingerprint density at radius 3 is 2.49 bits per heavy atom. The number of ether oxygens (including phenoxy) is 1. The van der Waals surface area contributed by atoms with Gasteiger partial charge in [0.05, 0.1) is 24.0 Å². The third kappa shape index (κ3) is 8.23. The van der Waals surface area contributed by atoms with Crippen LogP contribution in [0.2, 0.25) is 0 Å². The number of aliphatic hydroxyl groups is 1. The molecule has 0 saturated carbocycles. The van der Waals surface area contributed by atoms with E-state index in [9.17, 15) is 23.1 Å². The number of carbonyl (C=O) groups excluding carboxylic acids is 2. The molecule has 1 aromatic heterocycles. The van der Waals surface area contributed by atoms with Gasteiger partial charge in [0.1, 0.15) is 5.75 Å². The number of para-hydroxylation sites is 1. The number of hydrogen-bond donors (Lipinski definition) is 5. The smallest absolute Gasteiger partial charge is 0.252 e. The number of primary sulfonamides is 1. The highest BCUT2D eigenvalue weighted by Crippen LogP contribution is 2.35. The SMILES string of the molecule is CC(C)Oc1c(C(N)=O)cc(C#Cc2cccc(C(=O)NCCS(N)(=O)=O)c2)cc1[C@H](CO)Cc1c[nH]c2ccccc12. The number of sulfonamides is 1. The lowest BCUT2D eigenvalue weighted by Gasteiger charge is -2.23. The lowest BCUT2D eigenvalue weighted by Crippen LogP contribution is -2.31. The summed E-state index contributed by atoms with van der Waals surface area (Å²) in [5.41, 5.74) is 9.79. The molecule has 1 heterocycles. The first-order valence-electron chi connectivity index (χ1n) is 13.7. The predicted octanol–water partition coefficient (Wildman–Crippen LogP) is 2.79. The Bertz CT molecular complexity index is 1820. The van der Waals surface area contributed by atoms with E-state index in [0.717, 1.165) is 16.5 Å². The lowest BCUT2D eigenvalue weighted by molar-refractivity contribution is 0.0954. The minimum Gasteiger partial charge on any atom is -0.490 e. The Balaban J connectivity index is 1.70. The number of hydrogen-bond acceptors (Lipinski definition) is 6. The van der Waals surface area contributed by atoms with E-state index in [4.69, 9.17) is 15.6 Å². The number of aromatic nitrogens is 1. The van der Waals surface area contributed by atoms with Gasteiger partial charge >= 0.3 is 0 Å². The molecular formula is C32H34N4O6S. The third-order valence-corrected chi connectivity index (χ3v) is 7.46. The summed E-state index contributed by atoms with van der Waals surface area (Å²) in [5.74, 6) is 4.39. The zero-order chi connectivity index (χ0) is 31.1. The van der Waals surface area contributed by atoms with Crippen LogP contribution in [-0.4, -0.2) is 55.3 Å². The van der Waals surface area contributed by atoms with Crippen molar-refractivity contribution in [2.45, 2.75) is 32.3 Å². The molecule has 4 aromatic rings. The molecule has 0 fully saturated rings. The Kier molecular flexibility index (Phi) is 9.88. The summed E-state index contributed by atoms with van der Waals surface area (Å²) in [5, 5.41) is 19.1. The summed E-state index contributed by atoms with van der Waals surface area (Å²) >= 11 is 0.